The zero-order valence-corrected chi connectivity index (χ0v) is 13.2. The van der Waals surface area contributed by atoms with Crippen molar-refractivity contribution in [3.8, 4) is 5.75 Å². The van der Waals surface area contributed by atoms with Gasteiger partial charge >= 0.3 is 0 Å². The number of anilines is 2. The molecule has 1 aliphatic rings. The van der Waals surface area contributed by atoms with Crippen molar-refractivity contribution >= 4 is 23.2 Å². The molecule has 0 aliphatic carbocycles. The maximum Gasteiger partial charge on any atom is 0.265 e. The summed E-state index contributed by atoms with van der Waals surface area (Å²) >= 11 is 0. The summed E-state index contributed by atoms with van der Waals surface area (Å²) in [5.74, 6) is -0.217. The highest BCUT2D eigenvalue weighted by Gasteiger charge is 2.26. The molecule has 1 N–H and O–H groups in total. The van der Waals surface area contributed by atoms with E-state index in [1.165, 1.54) is 11.0 Å². The summed E-state index contributed by atoms with van der Waals surface area (Å²) < 4.78 is 19.3. The maximum atomic E-state index is 13.9. The highest BCUT2D eigenvalue weighted by Crippen LogP contribution is 2.35. The second-order valence-corrected chi connectivity index (χ2v) is 5.44. The Morgan fingerprint density at radius 2 is 2.08 bits per heavy atom. The van der Waals surface area contributed by atoms with E-state index in [1.54, 1.807) is 43.3 Å². The van der Waals surface area contributed by atoms with Gasteiger partial charge in [-0.05, 0) is 18.2 Å². The zero-order valence-electron chi connectivity index (χ0n) is 13.2. The molecule has 5 nitrogen and oxygen atoms in total. The van der Waals surface area contributed by atoms with Crippen LogP contribution >= 0.6 is 0 Å². The van der Waals surface area contributed by atoms with E-state index in [-0.39, 0.29) is 30.8 Å². The van der Waals surface area contributed by atoms with Gasteiger partial charge in [0.05, 0.1) is 12.2 Å². The number of rotatable bonds is 4. The number of carbonyl (C=O) groups is 2. The monoisotopic (exact) mass is 328 g/mol. The molecule has 0 unspecified atom stereocenters. The first-order chi connectivity index (χ1) is 11.6. The summed E-state index contributed by atoms with van der Waals surface area (Å²) in [6.45, 7) is 1.77. The van der Waals surface area contributed by atoms with Gasteiger partial charge < -0.3 is 15.0 Å². The Bertz CT molecular complexity index is 792. The van der Waals surface area contributed by atoms with Crippen molar-refractivity contribution < 1.29 is 18.7 Å². The third-order valence-corrected chi connectivity index (χ3v) is 3.79. The predicted molar refractivity (Wildman–Crippen MR) is 88.4 cm³/mol. The quantitative estimate of drug-likeness (QED) is 0.938. The molecular weight excluding hydrogens is 311 g/mol. The summed E-state index contributed by atoms with van der Waals surface area (Å²) in [6.07, 6.45) is 0.371. The number of hydrogen-bond acceptors (Lipinski definition) is 3. The minimum absolute atomic E-state index is 0.106. The normalized spacial score (nSPS) is 13.2. The lowest BCUT2D eigenvalue weighted by Gasteiger charge is -2.30. The minimum Gasteiger partial charge on any atom is -0.481 e. The van der Waals surface area contributed by atoms with E-state index >= 15 is 0 Å². The molecule has 0 saturated heterocycles. The van der Waals surface area contributed by atoms with Gasteiger partial charge in [-0.15, -0.1) is 0 Å². The molecular formula is C18H17FN2O3. The van der Waals surface area contributed by atoms with Gasteiger partial charge in [0.25, 0.3) is 5.91 Å². The topological polar surface area (TPSA) is 58.6 Å². The van der Waals surface area contributed by atoms with Crippen molar-refractivity contribution in [1.29, 1.82) is 0 Å². The Balaban J connectivity index is 1.89. The SMILES string of the molecule is CCC(=O)Nc1ccc2c(c1)OCC(=O)N2Cc1ccccc1F. The lowest BCUT2D eigenvalue weighted by atomic mass is 10.1. The van der Waals surface area contributed by atoms with Gasteiger partial charge in [0.15, 0.2) is 6.61 Å². The largest absolute Gasteiger partial charge is 0.481 e. The molecule has 0 saturated carbocycles. The first-order valence-electron chi connectivity index (χ1n) is 7.69. The number of amides is 2. The van der Waals surface area contributed by atoms with Crippen LogP contribution in [0.15, 0.2) is 42.5 Å². The Morgan fingerprint density at radius 1 is 1.29 bits per heavy atom. The number of benzene rings is 2. The molecule has 124 valence electrons. The maximum absolute atomic E-state index is 13.9. The number of nitrogens with zero attached hydrogens (tertiary/aromatic N) is 1. The Kier molecular flexibility index (Phi) is 4.46. The van der Waals surface area contributed by atoms with Gasteiger partial charge in [-0.3, -0.25) is 9.59 Å². The van der Waals surface area contributed by atoms with Crippen molar-refractivity contribution in [3.63, 3.8) is 0 Å². The standard InChI is InChI=1S/C18H17FN2O3/c1-2-17(22)20-13-7-8-15-16(9-13)24-11-18(23)21(15)10-12-5-3-4-6-14(12)19/h3-9H,2,10-11H2,1H3,(H,20,22). The van der Waals surface area contributed by atoms with Crippen molar-refractivity contribution in [1.82, 2.24) is 0 Å². The van der Waals surface area contributed by atoms with E-state index in [4.69, 9.17) is 4.74 Å². The Hall–Kier alpha value is -2.89. The van der Waals surface area contributed by atoms with E-state index in [9.17, 15) is 14.0 Å². The number of nitrogens with one attached hydrogen (secondary N) is 1. The van der Waals surface area contributed by atoms with E-state index in [0.717, 1.165) is 0 Å². The van der Waals surface area contributed by atoms with Crippen molar-refractivity contribution in [2.24, 2.45) is 0 Å². The van der Waals surface area contributed by atoms with Crippen LogP contribution in [0.3, 0.4) is 0 Å². The van der Waals surface area contributed by atoms with Gasteiger partial charge in [-0.25, -0.2) is 4.39 Å². The number of halogens is 1. The van der Waals surface area contributed by atoms with E-state index in [1.807, 2.05) is 0 Å². The Labute approximate surface area is 139 Å². The molecule has 1 aliphatic heterocycles. The summed E-state index contributed by atoms with van der Waals surface area (Å²) in [5.41, 5.74) is 1.59. The lowest BCUT2D eigenvalue weighted by molar-refractivity contribution is -0.121. The van der Waals surface area contributed by atoms with Crippen LogP contribution in [0.4, 0.5) is 15.8 Å². The second kappa shape index (κ2) is 6.70. The van der Waals surface area contributed by atoms with Gasteiger partial charge in [0.1, 0.15) is 11.6 Å². The smallest absolute Gasteiger partial charge is 0.265 e. The third-order valence-electron chi connectivity index (χ3n) is 3.79. The van der Waals surface area contributed by atoms with E-state index in [2.05, 4.69) is 5.32 Å². The predicted octanol–water partition coefficient (Wildman–Crippen LogP) is 3.10. The number of carbonyl (C=O) groups excluding carboxylic acids is 2. The first-order valence-corrected chi connectivity index (χ1v) is 7.69. The lowest BCUT2D eigenvalue weighted by Crippen LogP contribution is -2.38. The second-order valence-electron chi connectivity index (χ2n) is 5.44. The van der Waals surface area contributed by atoms with Gasteiger partial charge in [-0.1, -0.05) is 25.1 Å². The molecule has 0 bridgehead atoms. The first kappa shape index (κ1) is 16.0. The fraction of sp³-hybridized carbons (Fsp3) is 0.222. The molecule has 2 amide bonds. The summed E-state index contributed by atoms with van der Waals surface area (Å²) in [4.78, 5) is 25.2. The summed E-state index contributed by atoms with van der Waals surface area (Å²) in [6, 6.07) is 11.4. The van der Waals surface area contributed by atoms with Crippen molar-refractivity contribution in [2.75, 3.05) is 16.8 Å². The van der Waals surface area contributed by atoms with Gasteiger partial charge in [-0.2, -0.15) is 0 Å². The van der Waals surface area contributed by atoms with Crippen LogP contribution in [0.2, 0.25) is 0 Å². The molecule has 1 heterocycles. The highest BCUT2D eigenvalue weighted by molar-refractivity contribution is 5.99. The van der Waals surface area contributed by atoms with Crippen molar-refractivity contribution in [2.45, 2.75) is 19.9 Å². The van der Waals surface area contributed by atoms with Crippen LogP contribution in [0.5, 0.6) is 5.75 Å². The van der Waals surface area contributed by atoms with Crippen LogP contribution < -0.4 is 15.0 Å². The number of hydrogen-bond donors (Lipinski definition) is 1. The van der Waals surface area contributed by atoms with Crippen molar-refractivity contribution in [3.05, 3.63) is 53.8 Å². The molecule has 2 aromatic carbocycles. The van der Waals surface area contributed by atoms with Gasteiger partial charge in [0.2, 0.25) is 5.91 Å². The molecule has 0 spiro atoms. The average Bonchev–Trinajstić information content (AvgIpc) is 2.59. The Morgan fingerprint density at radius 3 is 2.83 bits per heavy atom. The van der Waals surface area contributed by atoms with Crippen LogP contribution in [0, 0.1) is 5.82 Å². The van der Waals surface area contributed by atoms with E-state index < -0.39 is 0 Å². The van der Waals surface area contributed by atoms with E-state index in [0.29, 0.717) is 29.1 Å². The molecule has 6 heteroatoms. The fourth-order valence-electron chi connectivity index (χ4n) is 2.50. The van der Waals surface area contributed by atoms with Crippen LogP contribution in [-0.4, -0.2) is 18.4 Å². The molecule has 3 rings (SSSR count). The molecule has 0 radical (unpaired) electrons. The third kappa shape index (κ3) is 3.22. The van der Waals surface area contributed by atoms with Crippen LogP contribution in [-0.2, 0) is 16.1 Å². The average molecular weight is 328 g/mol. The number of ether oxygens (including phenoxy) is 1. The van der Waals surface area contributed by atoms with Gasteiger partial charge in [0, 0.05) is 23.7 Å². The summed E-state index contributed by atoms with van der Waals surface area (Å²) in [7, 11) is 0. The molecule has 0 aromatic heterocycles. The molecule has 24 heavy (non-hydrogen) atoms. The fourth-order valence-corrected chi connectivity index (χ4v) is 2.50. The van der Waals surface area contributed by atoms with Crippen LogP contribution in [0.1, 0.15) is 18.9 Å². The number of fused-ring (bicyclic) bond motifs is 1. The molecule has 2 aromatic rings. The molecule has 0 fully saturated rings. The highest BCUT2D eigenvalue weighted by atomic mass is 19.1. The molecule has 0 atom stereocenters. The summed E-state index contributed by atoms with van der Waals surface area (Å²) in [5, 5.41) is 2.74. The zero-order chi connectivity index (χ0) is 17.1. The van der Waals surface area contributed by atoms with Crippen LogP contribution in [0.25, 0.3) is 0 Å². The minimum atomic E-state index is -0.356.